The minimum atomic E-state index is -0.856. The Morgan fingerprint density at radius 3 is 2.24 bits per heavy atom. The molecule has 7 nitrogen and oxygen atoms in total. The Labute approximate surface area is 193 Å². The maximum absolute atomic E-state index is 12.6. The molecular weight excluding hydrogens is 420 g/mol. The van der Waals surface area contributed by atoms with Crippen molar-refractivity contribution >= 4 is 18.0 Å². The molecular formula is C26H30N2O5. The number of rotatable bonds is 7. The van der Waals surface area contributed by atoms with Crippen LogP contribution in [0.25, 0.3) is 11.1 Å². The first-order valence-electron chi connectivity index (χ1n) is 11.6. The minimum absolute atomic E-state index is 0.0408. The first-order valence-corrected chi connectivity index (χ1v) is 11.6. The predicted octanol–water partition coefficient (Wildman–Crippen LogP) is 4.06. The summed E-state index contributed by atoms with van der Waals surface area (Å²) in [7, 11) is 0. The van der Waals surface area contributed by atoms with Crippen LogP contribution in [0.1, 0.15) is 56.1 Å². The fraction of sp³-hybridized carbons (Fsp3) is 0.423. The van der Waals surface area contributed by atoms with Crippen LogP contribution in [0.15, 0.2) is 48.5 Å². The van der Waals surface area contributed by atoms with Gasteiger partial charge in [-0.3, -0.25) is 9.59 Å². The first kappa shape index (κ1) is 22.8. The summed E-state index contributed by atoms with van der Waals surface area (Å²) in [6, 6.07) is 15.2. The average Bonchev–Trinajstić information content (AvgIpc) is 3.12. The van der Waals surface area contributed by atoms with Crippen molar-refractivity contribution < 1.29 is 24.2 Å². The molecule has 2 aliphatic rings. The van der Waals surface area contributed by atoms with Gasteiger partial charge in [0.2, 0.25) is 5.91 Å². The average molecular weight is 451 g/mol. The zero-order valence-electron chi connectivity index (χ0n) is 18.8. The van der Waals surface area contributed by atoms with Crippen molar-refractivity contribution in [3.05, 3.63) is 59.7 Å². The van der Waals surface area contributed by atoms with E-state index in [0.717, 1.165) is 47.9 Å². The number of amides is 2. The monoisotopic (exact) mass is 450 g/mol. The number of benzene rings is 2. The van der Waals surface area contributed by atoms with Gasteiger partial charge in [-0.25, -0.2) is 4.79 Å². The smallest absolute Gasteiger partial charge is 0.407 e. The number of carboxylic acid groups (broad SMARTS) is 1. The molecule has 0 aliphatic heterocycles. The van der Waals surface area contributed by atoms with E-state index < -0.39 is 18.1 Å². The molecule has 0 aromatic heterocycles. The summed E-state index contributed by atoms with van der Waals surface area (Å²) in [5.41, 5.74) is 4.55. The zero-order valence-corrected chi connectivity index (χ0v) is 18.8. The van der Waals surface area contributed by atoms with Gasteiger partial charge in [-0.05, 0) is 47.9 Å². The van der Waals surface area contributed by atoms with Gasteiger partial charge in [0.1, 0.15) is 12.6 Å². The van der Waals surface area contributed by atoms with Crippen molar-refractivity contribution in [2.75, 3.05) is 6.61 Å². The van der Waals surface area contributed by atoms with Gasteiger partial charge in [0, 0.05) is 12.0 Å². The van der Waals surface area contributed by atoms with E-state index in [4.69, 9.17) is 9.84 Å². The topological polar surface area (TPSA) is 105 Å². The standard InChI is InChI=1S/C26H30N2O5/c1-16(25(31)28-23-13-7-2-8-17(23)14-24(29)30)27-26(32)33-15-22-20-11-5-3-9-18(20)19-10-4-6-12-21(19)22/h3-6,9-12,16-17,22-23H,2,7-8,13-15H2,1H3,(H,27,32)(H,28,31)(H,29,30)/t16-,17-,23-/m0/s1. The molecule has 2 aromatic rings. The fourth-order valence-corrected chi connectivity index (χ4v) is 5.06. The summed E-state index contributed by atoms with van der Waals surface area (Å²) < 4.78 is 5.52. The van der Waals surface area contributed by atoms with Crippen LogP contribution in [-0.2, 0) is 14.3 Å². The lowest BCUT2D eigenvalue weighted by Crippen LogP contribution is -2.51. The second kappa shape index (κ2) is 10.1. The van der Waals surface area contributed by atoms with Gasteiger partial charge < -0.3 is 20.5 Å². The molecule has 1 saturated carbocycles. The molecule has 3 N–H and O–H groups in total. The highest BCUT2D eigenvalue weighted by atomic mass is 16.5. The highest BCUT2D eigenvalue weighted by molar-refractivity contribution is 5.85. The number of nitrogens with one attached hydrogen (secondary N) is 2. The Bertz CT molecular complexity index is 991. The number of hydrogen-bond acceptors (Lipinski definition) is 4. The number of aliphatic carboxylic acids is 1. The summed E-state index contributed by atoms with van der Waals surface area (Å²) in [4.78, 5) is 36.2. The van der Waals surface area contributed by atoms with E-state index in [1.54, 1.807) is 6.92 Å². The van der Waals surface area contributed by atoms with Crippen LogP contribution in [0.5, 0.6) is 0 Å². The second-order valence-electron chi connectivity index (χ2n) is 8.95. The molecule has 1 fully saturated rings. The summed E-state index contributed by atoms with van der Waals surface area (Å²) in [5.74, 6) is -1.31. The molecule has 0 heterocycles. The lowest BCUT2D eigenvalue weighted by Gasteiger charge is -2.32. The van der Waals surface area contributed by atoms with E-state index in [2.05, 4.69) is 34.9 Å². The SMILES string of the molecule is C[C@H](NC(=O)OCC1c2ccccc2-c2ccccc21)C(=O)N[C@H]1CCCC[C@H]1CC(=O)O. The lowest BCUT2D eigenvalue weighted by molar-refractivity contribution is -0.139. The first-order chi connectivity index (χ1) is 15.9. The number of fused-ring (bicyclic) bond motifs is 3. The molecule has 7 heteroatoms. The third-order valence-corrected chi connectivity index (χ3v) is 6.74. The molecule has 0 spiro atoms. The van der Waals surface area contributed by atoms with Gasteiger partial charge in [0.15, 0.2) is 0 Å². The molecule has 2 aliphatic carbocycles. The van der Waals surface area contributed by atoms with Crippen LogP contribution >= 0.6 is 0 Å². The molecule has 0 saturated heterocycles. The van der Waals surface area contributed by atoms with Crippen molar-refractivity contribution in [2.24, 2.45) is 5.92 Å². The molecule has 174 valence electrons. The Hall–Kier alpha value is -3.35. The normalized spacial score (nSPS) is 20.3. The van der Waals surface area contributed by atoms with E-state index >= 15 is 0 Å². The van der Waals surface area contributed by atoms with Gasteiger partial charge >= 0.3 is 12.1 Å². The van der Waals surface area contributed by atoms with Crippen LogP contribution in [0.3, 0.4) is 0 Å². The molecule has 0 unspecified atom stereocenters. The summed E-state index contributed by atoms with van der Waals surface area (Å²) >= 11 is 0. The molecule has 0 radical (unpaired) electrons. The van der Waals surface area contributed by atoms with Crippen molar-refractivity contribution in [1.29, 1.82) is 0 Å². The van der Waals surface area contributed by atoms with Crippen molar-refractivity contribution in [1.82, 2.24) is 10.6 Å². The van der Waals surface area contributed by atoms with Gasteiger partial charge in [0.25, 0.3) is 0 Å². The van der Waals surface area contributed by atoms with Crippen LogP contribution in [0, 0.1) is 5.92 Å². The molecule has 3 atom stereocenters. The second-order valence-corrected chi connectivity index (χ2v) is 8.95. The predicted molar refractivity (Wildman–Crippen MR) is 124 cm³/mol. The Balaban J connectivity index is 1.32. The molecule has 33 heavy (non-hydrogen) atoms. The largest absolute Gasteiger partial charge is 0.481 e. The zero-order chi connectivity index (χ0) is 23.4. The third kappa shape index (κ3) is 5.18. The van der Waals surface area contributed by atoms with Gasteiger partial charge in [-0.1, -0.05) is 61.4 Å². The van der Waals surface area contributed by atoms with Gasteiger partial charge in [-0.15, -0.1) is 0 Å². The summed E-state index contributed by atoms with van der Waals surface area (Å²) in [6.07, 6.45) is 2.85. The van der Waals surface area contributed by atoms with E-state index in [9.17, 15) is 14.4 Å². The summed E-state index contributed by atoms with van der Waals surface area (Å²) in [6.45, 7) is 1.78. The number of hydrogen-bond donors (Lipinski definition) is 3. The van der Waals surface area contributed by atoms with Crippen molar-refractivity contribution in [3.8, 4) is 11.1 Å². The maximum Gasteiger partial charge on any atom is 0.407 e. The van der Waals surface area contributed by atoms with Crippen LogP contribution in [0.2, 0.25) is 0 Å². The van der Waals surface area contributed by atoms with E-state index in [1.807, 2.05) is 24.3 Å². The van der Waals surface area contributed by atoms with Crippen molar-refractivity contribution in [3.63, 3.8) is 0 Å². The number of carboxylic acids is 1. The summed E-state index contributed by atoms with van der Waals surface area (Å²) in [5, 5.41) is 14.7. The third-order valence-electron chi connectivity index (χ3n) is 6.74. The molecule has 2 aromatic carbocycles. The fourth-order valence-electron chi connectivity index (χ4n) is 5.06. The Morgan fingerprint density at radius 1 is 1.00 bits per heavy atom. The highest BCUT2D eigenvalue weighted by Crippen LogP contribution is 2.44. The number of ether oxygens (including phenoxy) is 1. The maximum atomic E-state index is 12.6. The van der Waals surface area contributed by atoms with Crippen LogP contribution in [0.4, 0.5) is 4.79 Å². The molecule has 2 amide bonds. The number of carbonyl (C=O) groups is 3. The number of carbonyl (C=O) groups excluding carboxylic acids is 2. The van der Waals surface area contributed by atoms with Crippen molar-refractivity contribution in [2.45, 2.75) is 57.0 Å². The molecule has 4 rings (SSSR count). The van der Waals surface area contributed by atoms with E-state index in [1.165, 1.54) is 0 Å². The van der Waals surface area contributed by atoms with E-state index in [-0.39, 0.29) is 36.8 Å². The van der Waals surface area contributed by atoms with Crippen LogP contribution in [-0.4, -0.2) is 41.8 Å². The van der Waals surface area contributed by atoms with Crippen LogP contribution < -0.4 is 10.6 Å². The Morgan fingerprint density at radius 2 is 1.61 bits per heavy atom. The number of alkyl carbamates (subject to hydrolysis) is 1. The quantitative estimate of drug-likeness (QED) is 0.590. The van der Waals surface area contributed by atoms with Gasteiger partial charge in [0.05, 0.1) is 6.42 Å². The van der Waals surface area contributed by atoms with E-state index in [0.29, 0.717) is 0 Å². The minimum Gasteiger partial charge on any atom is -0.481 e. The van der Waals surface area contributed by atoms with Gasteiger partial charge in [-0.2, -0.15) is 0 Å². The lowest BCUT2D eigenvalue weighted by atomic mass is 9.82. The molecule has 0 bridgehead atoms. The Kier molecular flexibility index (Phi) is 6.96. The highest BCUT2D eigenvalue weighted by Gasteiger charge is 2.31.